The van der Waals surface area contributed by atoms with Gasteiger partial charge in [-0.1, -0.05) is 25.1 Å². The van der Waals surface area contributed by atoms with Crippen LogP contribution in [0.15, 0.2) is 30.5 Å². The summed E-state index contributed by atoms with van der Waals surface area (Å²) in [5.41, 5.74) is 2.68. The van der Waals surface area contributed by atoms with Crippen molar-refractivity contribution in [3.05, 3.63) is 36.0 Å². The average molecular weight is 260 g/mol. The van der Waals surface area contributed by atoms with Gasteiger partial charge in [-0.3, -0.25) is 0 Å². The zero-order valence-corrected chi connectivity index (χ0v) is 11.6. The van der Waals surface area contributed by atoms with Crippen LogP contribution in [-0.4, -0.2) is 28.6 Å². The number of fused-ring (bicyclic) bond motifs is 1. The molecule has 0 radical (unpaired) electrons. The molecule has 1 aliphatic heterocycles. The van der Waals surface area contributed by atoms with Crippen LogP contribution in [0.25, 0.3) is 10.9 Å². The van der Waals surface area contributed by atoms with E-state index in [2.05, 4.69) is 59.4 Å². The molecule has 2 atom stereocenters. The molecule has 0 bridgehead atoms. The van der Waals surface area contributed by atoms with Crippen molar-refractivity contribution in [3.8, 4) is 0 Å². The SMILES string of the molecule is CC1CC(NCCc2c[nH]c3ccccc23)CS1. The van der Waals surface area contributed by atoms with Crippen molar-refractivity contribution in [2.24, 2.45) is 0 Å². The second-order valence-corrected chi connectivity index (χ2v) is 6.61. The molecule has 0 aliphatic carbocycles. The number of aromatic amines is 1. The number of para-hydroxylation sites is 1. The summed E-state index contributed by atoms with van der Waals surface area (Å²) in [5.74, 6) is 1.27. The zero-order chi connectivity index (χ0) is 12.4. The number of rotatable bonds is 4. The molecule has 2 heterocycles. The third kappa shape index (κ3) is 2.57. The summed E-state index contributed by atoms with van der Waals surface area (Å²) >= 11 is 2.09. The third-order valence-corrected chi connectivity index (χ3v) is 5.06. The maximum Gasteiger partial charge on any atom is 0.0456 e. The minimum Gasteiger partial charge on any atom is -0.361 e. The lowest BCUT2D eigenvalue weighted by molar-refractivity contribution is 0.542. The van der Waals surface area contributed by atoms with Crippen molar-refractivity contribution >= 4 is 22.7 Å². The summed E-state index contributed by atoms with van der Waals surface area (Å²) < 4.78 is 0. The highest BCUT2D eigenvalue weighted by molar-refractivity contribution is 8.00. The van der Waals surface area contributed by atoms with E-state index in [1.807, 2.05) is 0 Å². The van der Waals surface area contributed by atoms with Crippen LogP contribution in [0.1, 0.15) is 18.9 Å². The first kappa shape index (κ1) is 12.1. The predicted octanol–water partition coefficient (Wildman–Crippen LogP) is 3.19. The van der Waals surface area contributed by atoms with E-state index in [4.69, 9.17) is 0 Å². The minimum absolute atomic E-state index is 0.718. The number of benzene rings is 1. The molecular formula is C15H20N2S. The molecule has 3 heteroatoms. The highest BCUT2D eigenvalue weighted by atomic mass is 32.2. The summed E-state index contributed by atoms with van der Waals surface area (Å²) in [5, 5.41) is 5.88. The van der Waals surface area contributed by atoms with E-state index < -0.39 is 0 Å². The fourth-order valence-electron chi connectivity index (χ4n) is 2.71. The van der Waals surface area contributed by atoms with Gasteiger partial charge in [0.25, 0.3) is 0 Å². The Kier molecular flexibility index (Phi) is 3.62. The summed E-state index contributed by atoms with van der Waals surface area (Å²) in [7, 11) is 0. The molecule has 2 nitrogen and oxygen atoms in total. The number of H-pyrrole nitrogens is 1. The Labute approximate surface area is 113 Å². The van der Waals surface area contributed by atoms with Gasteiger partial charge in [0.1, 0.15) is 0 Å². The van der Waals surface area contributed by atoms with Gasteiger partial charge in [0.2, 0.25) is 0 Å². The van der Waals surface area contributed by atoms with Crippen molar-refractivity contribution < 1.29 is 0 Å². The van der Waals surface area contributed by atoms with E-state index in [-0.39, 0.29) is 0 Å². The first-order chi connectivity index (χ1) is 8.83. The summed E-state index contributed by atoms with van der Waals surface area (Å²) in [6, 6.07) is 9.26. The fourth-order valence-corrected chi connectivity index (χ4v) is 3.89. The number of nitrogens with one attached hydrogen (secondary N) is 2. The quantitative estimate of drug-likeness (QED) is 0.883. The van der Waals surface area contributed by atoms with Crippen LogP contribution in [0, 0.1) is 0 Å². The average Bonchev–Trinajstić information content (AvgIpc) is 2.97. The molecule has 2 N–H and O–H groups in total. The molecule has 1 aromatic heterocycles. The van der Waals surface area contributed by atoms with Gasteiger partial charge in [0.05, 0.1) is 0 Å². The lowest BCUT2D eigenvalue weighted by Crippen LogP contribution is -2.30. The fraction of sp³-hybridized carbons (Fsp3) is 0.467. The van der Waals surface area contributed by atoms with Crippen LogP contribution in [0.2, 0.25) is 0 Å². The number of aromatic nitrogens is 1. The van der Waals surface area contributed by atoms with Crippen LogP contribution in [0.4, 0.5) is 0 Å². The number of thioether (sulfide) groups is 1. The monoisotopic (exact) mass is 260 g/mol. The second kappa shape index (κ2) is 5.37. The van der Waals surface area contributed by atoms with E-state index in [0.717, 1.165) is 24.3 Å². The standard InChI is InChI=1S/C15H20N2S/c1-11-8-13(10-18-11)16-7-6-12-9-17-15-5-3-2-4-14(12)15/h2-5,9,11,13,16-17H,6-8,10H2,1H3. The molecule has 18 heavy (non-hydrogen) atoms. The molecule has 1 aromatic carbocycles. The van der Waals surface area contributed by atoms with Crippen molar-refractivity contribution in [1.29, 1.82) is 0 Å². The molecule has 2 aromatic rings. The van der Waals surface area contributed by atoms with Crippen molar-refractivity contribution in [3.63, 3.8) is 0 Å². The molecular weight excluding hydrogens is 240 g/mol. The van der Waals surface area contributed by atoms with Crippen molar-refractivity contribution in [2.75, 3.05) is 12.3 Å². The second-order valence-electron chi connectivity index (χ2n) is 5.14. The summed E-state index contributed by atoms with van der Waals surface area (Å²) in [4.78, 5) is 3.34. The maximum absolute atomic E-state index is 3.68. The van der Waals surface area contributed by atoms with E-state index in [1.165, 1.54) is 28.6 Å². The van der Waals surface area contributed by atoms with Gasteiger partial charge in [-0.25, -0.2) is 0 Å². The predicted molar refractivity (Wildman–Crippen MR) is 80.3 cm³/mol. The molecule has 3 rings (SSSR count). The Morgan fingerprint density at radius 2 is 2.28 bits per heavy atom. The van der Waals surface area contributed by atoms with Crippen LogP contribution < -0.4 is 5.32 Å². The third-order valence-electron chi connectivity index (χ3n) is 3.70. The van der Waals surface area contributed by atoms with Crippen molar-refractivity contribution in [1.82, 2.24) is 10.3 Å². The lowest BCUT2D eigenvalue weighted by Gasteiger charge is -2.10. The molecule has 96 valence electrons. The van der Waals surface area contributed by atoms with E-state index in [1.54, 1.807) is 0 Å². The normalized spacial score (nSPS) is 23.8. The van der Waals surface area contributed by atoms with Crippen LogP contribution in [0.5, 0.6) is 0 Å². The van der Waals surface area contributed by atoms with Gasteiger partial charge in [0.15, 0.2) is 0 Å². The topological polar surface area (TPSA) is 27.8 Å². The van der Waals surface area contributed by atoms with Crippen molar-refractivity contribution in [2.45, 2.75) is 31.1 Å². The first-order valence-electron chi connectivity index (χ1n) is 6.73. The van der Waals surface area contributed by atoms with Gasteiger partial charge >= 0.3 is 0 Å². The van der Waals surface area contributed by atoms with E-state index >= 15 is 0 Å². The Hall–Kier alpha value is -0.930. The minimum atomic E-state index is 0.718. The van der Waals surface area contributed by atoms with Gasteiger partial charge in [0, 0.05) is 34.1 Å². The van der Waals surface area contributed by atoms with Gasteiger partial charge in [-0.15, -0.1) is 0 Å². The highest BCUT2D eigenvalue weighted by Gasteiger charge is 2.20. The van der Waals surface area contributed by atoms with Gasteiger partial charge in [-0.2, -0.15) is 11.8 Å². The zero-order valence-electron chi connectivity index (χ0n) is 10.8. The smallest absolute Gasteiger partial charge is 0.0456 e. The summed E-state index contributed by atoms with van der Waals surface area (Å²) in [6.45, 7) is 3.41. The molecule has 0 spiro atoms. The number of hydrogen-bond donors (Lipinski definition) is 2. The molecule has 2 unspecified atom stereocenters. The van der Waals surface area contributed by atoms with E-state index in [9.17, 15) is 0 Å². The Morgan fingerprint density at radius 3 is 3.11 bits per heavy atom. The Morgan fingerprint density at radius 1 is 1.39 bits per heavy atom. The maximum atomic E-state index is 3.68. The highest BCUT2D eigenvalue weighted by Crippen LogP contribution is 2.26. The molecule has 0 saturated carbocycles. The first-order valence-corrected chi connectivity index (χ1v) is 7.78. The Bertz CT molecular complexity index is 520. The lowest BCUT2D eigenvalue weighted by atomic mass is 10.1. The van der Waals surface area contributed by atoms with E-state index in [0.29, 0.717) is 0 Å². The molecule has 0 amide bonds. The largest absolute Gasteiger partial charge is 0.361 e. The molecule has 1 fully saturated rings. The summed E-state index contributed by atoms with van der Waals surface area (Å²) in [6.07, 6.45) is 4.58. The van der Waals surface area contributed by atoms with Crippen LogP contribution in [-0.2, 0) is 6.42 Å². The van der Waals surface area contributed by atoms with Crippen LogP contribution in [0.3, 0.4) is 0 Å². The van der Waals surface area contributed by atoms with Crippen LogP contribution >= 0.6 is 11.8 Å². The van der Waals surface area contributed by atoms with Gasteiger partial charge < -0.3 is 10.3 Å². The molecule has 1 aliphatic rings. The molecule has 1 saturated heterocycles. The van der Waals surface area contributed by atoms with Gasteiger partial charge in [-0.05, 0) is 31.0 Å². The number of hydrogen-bond acceptors (Lipinski definition) is 2. The Balaban J connectivity index is 1.57.